The normalized spacial score (nSPS) is 19.9. The number of rotatable bonds is 6. The molecule has 28 heavy (non-hydrogen) atoms. The van der Waals surface area contributed by atoms with Gasteiger partial charge in [-0.25, -0.2) is 22.3 Å². The summed E-state index contributed by atoms with van der Waals surface area (Å²) < 4.78 is 31.1. The Morgan fingerprint density at radius 1 is 1.21 bits per heavy atom. The minimum absolute atomic E-state index is 0.0205. The maximum absolute atomic E-state index is 12.5. The number of esters is 1. The first-order valence-corrected chi connectivity index (χ1v) is 10.9. The van der Waals surface area contributed by atoms with Crippen LogP contribution in [0.3, 0.4) is 0 Å². The van der Waals surface area contributed by atoms with Crippen molar-refractivity contribution in [2.24, 2.45) is 0 Å². The Hall–Kier alpha value is -1.84. The molecule has 0 bridgehead atoms. The number of amides is 2. The van der Waals surface area contributed by atoms with E-state index in [4.69, 9.17) is 16.3 Å². The zero-order chi connectivity index (χ0) is 20.9. The van der Waals surface area contributed by atoms with Crippen molar-refractivity contribution in [1.29, 1.82) is 0 Å². The van der Waals surface area contributed by atoms with Gasteiger partial charge in [-0.3, -0.25) is 0 Å². The van der Waals surface area contributed by atoms with Crippen molar-refractivity contribution in [3.05, 3.63) is 28.8 Å². The third kappa shape index (κ3) is 5.59. The number of nitrogens with one attached hydrogen (secondary N) is 2. The molecule has 1 aromatic rings. The standard InChI is InChI=1S/C18H26ClN3O5S/c1-4-20-18(24)21-12-5-7-13(8-6-12)27-17(23)15-11-14(9-10-16(15)19)28(25,26)22(2)3/h9-13H,4-8H2,1-3H3,(H2,20,21,24). The van der Waals surface area contributed by atoms with Crippen LogP contribution in [0.4, 0.5) is 4.79 Å². The third-order valence-electron chi connectivity index (χ3n) is 4.56. The second-order valence-corrected chi connectivity index (χ2v) is 9.37. The Labute approximate surface area is 170 Å². The van der Waals surface area contributed by atoms with Gasteiger partial charge in [0.25, 0.3) is 0 Å². The molecule has 0 aromatic heterocycles. The van der Waals surface area contributed by atoms with Crippen LogP contribution in [-0.2, 0) is 14.8 Å². The van der Waals surface area contributed by atoms with E-state index in [2.05, 4.69) is 10.6 Å². The Morgan fingerprint density at radius 2 is 1.86 bits per heavy atom. The fourth-order valence-corrected chi connectivity index (χ4v) is 4.09. The van der Waals surface area contributed by atoms with Gasteiger partial charge in [-0.2, -0.15) is 0 Å². The highest BCUT2D eigenvalue weighted by molar-refractivity contribution is 7.89. The first-order chi connectivity index (χ1) is 13.1. The maximum atomic E-state index is 12.5. The van der Waals surface area contributed by atoms with Crippen molar-refractivity contribution >= 4 is 33.6 Å². The minimum atomic E-state index is -3.69. The predicted molar refractivity (Wildman–Crippen MR) is 106 cm³/mol. The van der Waals surface area contributed by atoms with Crippen LogP contribution in [0.25, 0.3) is 0 Å². The number of carbonyl (C=O) groups excluding carboxylic acids is 2. The highest BCUT2D eigenvalue weighted by atomic mass is 35.5. The molecule has 0 saturated heterocycles. The van der Waals surface area contributed by atoms with Crippen molar-refractivity contribution in [3.63, 3.8) is 0 Å². The van der Waals surface area contributed by atoms with Gasteiger partial charge in [-0.05, 0) is 50.8 Å². The van der Waals surface area contributed by atoms with E-state index < -0.39 is 16.0 Å². The topological polar surface area (TPSA) is 105 Å². The molecule has 8 nitrogen and oxygen atoms in total. The van der Waals surface area contributed by atoms with Crippen molar-refractivity contribution < 1.29 is 22.7 Å². The maximum Gasteiger partial charge on any atom is 0.339 e. The lowest BCUT2D eigenvalue weighted by atomic mass is 9.93. The molecular formula is C18H26ClN3O5S. The van der Waals surface area contributed by atoms with Gasteiger partial charge in [0.05, 0.1) is 15.5 Å². The molecule has 156 valence electrons. The lowest BCUT2D eigenvalue weighted by molar-refractivity contribution is 0.0188. The van der Waals surface area contributed by atoms with Crippen LogP contribution in [0, 0.1) is 0 Å². The average molecular weight is 432 g/mol. The molecule has 2 N–H and O–H groups in total. The first-order valence-electron chi connectivity index (χ1n) is 9.12. The lowest BCUT2D eigenvalue weighted by Gasteiger charge is -2.29. The molecule has 1 aromatic carbocycles. The number of halogens is 1. The summed E-state index contributed by atoms with van der Waals surface area (Å²) in [6.45, 7) is 2.40. The monoisotopic (exact) mass is 431 g/mol. The number of hydrogen-bond donors (Lipinski definition) is 2. The van der Waals surface area contributed by atoms with Crippen LogP contribution < -0.4 is 10.6 Å². The fourth-order valence-electron chi connectivity index (χ4n) is 2.97. The van der Waals surface area contributed by atoms with Gasteiger partial charge in [0.15, 0.2) is 0 Å². The van der Waals surface area contributed by atoms with Crippen LogP contribution in [0.5, 0.6) is 0 Å². The largest absolute Gasteiger partial charge is 0.459 e. The van der Waals surface area contributed by atoms with Crippen LogP contribution in [0.1, 0.15) is 43.0 Å². The van der Waals surface area contributed by atoms with Crippen molar-refractivity contribution in [2.75, 3.05) is 20.6 Å². The minimum Gasteiger partial charge on any atom is -0.459 e. The van der Waals surface area contributed by atoms with Crippen molar-refractivity contribution in [2.45, 2.75) is 49.6 Å². The zero-order valence-corrected chi connectivity index (χ0v) is 17.8. The highest BCUT2D eigenvalue weighted by Gasteiger charge is 2.27. The van der Waals surface area contributed by atoms with E-state index in [1.807, 2.05) is 6.92 Å². The van der Waals surface area contributed by atoms with E-state index in [0.717, 1.165) is 4.31 Å². The molecular weight excluding hydrogens is 406 g/mol. The van der Waals surface area contributed by atoms with E-state index in [9.17, 15) is 18.0 Å². The van der Waals surface area contributed by atoms with Gasteiger partial charge in [0.1, 0.15) is 6.10 Å². The molecule has 1 aliphatic carbocycles. The number of carbonyl (C=O) groups is 2. The van der Waals surface area contributed by atoms with E-state index in [1.165, 1.54) is 32.3 Å². The molecule has 0 radical (unpaired) electrons. The predicted octanol–water partition coefficient (Wildman–Crippen LogP) is 2.38. The molecule has 0 heterocycles. The number of sulfonamides is 1. The van der Waals surface area contributed by atoms with Crippen molar-refractivity contribution in [1.82, 2.24) is 14.9 Å². The summed E-state index contributed by atoms with van der Waals surface area (Å²) in [6, 6.07) is 3.81. The smallest absolute Gasteiger partial charge is 0.339 e. The zero-order valence-electron chi connectivity index (χ0n) is 16.2. The summed E-state index contributed by atoms with van der Waals surface area (Å²) in [5.74, 6) is -0.652. The Morgan fingerprint density at radius 3 is 2.43 bits per heavy atom. The first kappa shape index (κ1) is 22.4. The number of ether oxygens (including phenoxy) is 1. The highest BCUT2D eigenvalue weighted by Crippen LogP contribution is 2.26. The van der Waals surface area contributed by atoms with E-state index in [0.29, 0.717) is 32.2 Å². The summed E-state index contributed by atoms with van der Waals surface area (Å²) in [5, 5.41) is 5.71. The molecule has 0 atom stereocenters. The number of nitrogens with zero attached hydrogens (tertiary/aromatic N) is 1. The molecule has 10 heteroatoms. The molecule has 1 fully saturated rings. The lowest BCUT2D eigenvalue weighted by Crippen LogP contribution is -2.44. The van der Waals surface area contributed by atoms with Gasteiger partial charge in [0.2, 0.25) is 10.0 Å². The van der Waals surface area contributed by atoms with Gasteiger partial charge in [-0.1, -0.05) is 11.6 Å². The summed E-state index contributed by atoms with van der Waals surface area (Å²) in [4.78, 5) is 24.1. The Bertz CT molecular complexity index is 821. The van der Waals surface area contributed by atoms with E-state index >= 15 is 0 Å². The molecule has 1 saturated carbocycles. The van der Waals surface area contributed by atoms with Gasteiger partial charge in [-0.15, -0.1) is 0 Å². The van der Waals surface area contributed by atoms with Gasteiger partial charge < -0.3 is 15.4 Å². The summed E-state index contributed by atoms with van der Waals surface area (Å²) >= 11 is 6.08. The van der Waals surface area contributed by atoms with Crippen molar-refractivity contribution in [3.8, 4) is 0 Å². The Kier molecular flexibility index (Phi) is 7.68. The third-order valence-corrected chi connectivity index (χ3v) is 6.70. The van der Waals surface area contributed by atoms with Crippen LogP contribution >= 0.6 is 11.6 Å². The van der Waals surface area contributed by atoms with E-state index in [1.54, 1.807) is 0 Å². The molecule has 0 unspecified atom stereocenters. The average Bonchev–Trinajstić information content (AvgIpc) is 2.63. The molecule has 0 spiro atoms. The molecule has 2 amide bonds. The van der Waals surface area contributed by atoms with Crippen LogP contribution in [0.2, 0.25) is 5.02 Å². The second kappa shape index (κ2) is 9.58. The summed E-state index contributed by atoms with van der Waals surface area (Å²) in [7, 11) is -0.862. The molecule has 1 aliphatic rings. The Balaban J connectivity index is 2.00. The summed E-state index contributed by atoms with van der Waals surface area (Å²) in [5.41, 5.74) is 0.0205. The van der Waals surface area contributed by atoms with Crippen LogP contribution in [-0.4, -0.2) is 57.5 Å². The van der Waals surface area contributed by atoms with Crippen LogP contribution in [0.15, 0.2) is 23.1 Å². The SMILES string of the molecule is CCNC(=O)NC1CCC(OC(=O)c2cc(S(=O)(=O)N(C)C)ccc2Cl)CC1. The molecule has 0 aliphatic heterocycles. The van der Waals surface area contributed by atoms with Gasteiger partial charge >= 0.3 is 12.0 Å². The fraction of sp³-hybridized carbons (Fsp3) is 0.556. The second-order valence-electron chi connectivity index (χ2n) is 6.81. The molecule has 2 rings (SSSR count). The van der Waals surface area contributed by atoms with Gasteiger partial charge in [0, 0.05) is 26.7 Å². The quantitative estimate of drug-likeness (QED) is 0.673. The van der Waals surface area contributed by atoms with E-state index in [-0.39, 0.29) is 33.7 Å². The number of hydrogen-bond acceptors (Lipinski definition) is 5. The summed E-state index contributed by atoms with van der Waals surface area (Å²) in [6.07, 6.45) is 2.30. The number of urea groups is 1. The number of benzene rings is 1.